The maximum absolute atomic E-state index is 4.57. The summed E-state index contributed by atoms with van der Waals surface area (Å²) in [6.45, 7) is 2.03. The van der Waals surface area contributed by atoms with Crippen LogP contribution in [0.25, 0.3) is 11.0 Å². The van der Waals surface area contributed by atoms with Gasteiger partial charge in [0.2, 0.25) is 0 Å². The molecule has 1 aromatic heterocycles. The van der Waals surface area contributed by atoms with Crippen LogP contribution in [0.2, 0.25) is 0 Å². The van der Waals surface area contributed by atoms with Crippen LogP contribution in [0, 0.1) is 6.92 Å². The van der Waals surface area contributed by atoms with Crippen LogP contribution in [-0.2, 0) is 7.05 Å². The molecule has 17 heavy (non-hydrogen) atoms. The zero-order valence-electron chi connectivity index (χ0n) is 10.6. The number of nitrogens with one attached hydrogen (secondary N) is 1. The molecule has 0 amide bonds. The molecule has 0 bridgehead atoms. The number of aryl methyl sites for hydroxylation is 2. The largest absolute Gasteiger partial charge is 0.331 e. The van der Waals surface area contributed by atoms with E-state index >= 15 is 0 Å². The lowest BCUT2D eigenvalue weighted by Crippen LogP contribution is -2.16. The van der Waals surface area contributed by atoms with Crippen molar-refractivity contribution in [2.24, 2.45) is 7.05 Å². The number of thiol groups is 1. The van der Waals surface area contributed by atoms with Gasteiger partial charge in [-0.25, -0.2) is 4.98 Å². The topological polar surface area (TPSA) is 29.9 Å². The molecule has 0 aliphatic carbocycles. The smallest absolute Gasteiger partial charge is 0.106 e. The first-order chi connectivity index (χ1) is 8.17. The molecule has 2 rings (SSSR count). The lowest BCUT2D eigenvalue weighted by atomic mass is 10.0. The van der Waals surface area contributed by atoms with Crippen molar-refractivity contribution in [1.29, 1.82) is 0 Å². The number of imidazole rings is 1. The molecule has 1 aromatic carbocycles. The predicted molar refractivity (Wildman–Crippen MR) is 75.7 cm³/mol. The first-order valence-electron chi connectivity index (χ1n) is 5.88. The van der Waals surface area contributed by atoms with Crippen LogP contribution in [0.4, 0.5) is 0 Å². The molecule has 0 saturated carbocycles. The van der Waals surface area contributed by atoms with Gasteiger partial charge in [-0.05, 0) is 43.8 Å². The summed E-state index contributed by atoms with van der Waals surface area (Å²) in [5, 5.41) is 3.32. The van der Waals surface area contributed by atoms with E-state index in [4.69, 9.17) is 0 Å². The van der Waals surface area contributed by atoms with Gasteiger partial charge in [-0.2, -0.15) is 12.6 Å². The molecule has 0 aliphatic rings. The molecule has 0 radical (unpaired) electrons. The first-order valence-corrected chi connectivity index (χ1v) is 6.51. The summed E-state index contributed by atoms with van der Waals surface area (Å²) in [4.78, 5) is 4.57. The normalized spacial score (nSPS) is 13.2. The van der Waals surface area contributed by atoms with E-state index in [0.29, 0.717) is 6.04 Å². The van der Waals surface area contributed by atoms with Crippen LogP contribution in [0.15, 0.2) is 18.2 Å². The SMILES string of the molecule is CNC(CCS)c1ccc2c(c1)nc(C)n2C. The third-order valence-corrected chi connectivity index (χ3v) is 3.56. The van der Waals surface area contributed by atoms with Gasteiger partial charge in [-0.15, -0.1) is 0 Å². The summed E-state index contributed by atoms with van der Waals surface area (Å²) in [5.41, 5.74) is 3.54. The standard InChI is InChI=1S/C13H19N3S/c1-9-15-12-8-10(11(14-2)6-7-17)4-5-13(12)16(9)3/h4-5,8,11,14,17H,6-7H2,1-3H3. The van der Waals surface area contributed by atoms with E-state index < -0.39 is 0 Å². The average molecular weight is 249 g/mol. The maximum atomic E-state index is 4.57. The average Bonchev–Trinajstić information content (AvgIpc) is 2.61. The number of fused-ring (bicyclic) bond motifs is 1. The highest BCUT2D eigenvalue weighted by atomic mass is 32.1. The summed E-state index contributed by atoms with van der Waals surface area (Å²) in [5.74, 6) is 1.93. The number of hydrogen-bond donors (Lipinski definition) is 2. The van der Waals surface area contributed by atoms with E-state index in [1.54, 1.807) is 0 Å². The molecule has 2 aromatic rings. The fourth-order valence-electron chi connectivity index (χ4n) is 2.16. The van der Waals surface area contributed by atoms with Gasteiger partial charge in [0.1, 0.15) is 5.82 Å². The highest BCUT2D eigenvalue weighted by Crippen LogP contribution is 2.22. The predicted octanol–water partition coefficient (Wildman–Crippen LogP) is 2.46. The van der Waals surface area contributed by atoms with Gasteiger partial charge in [0.05, 0.1) is 11.0 Å². The third-order valence-electron chi connectivity index (χ3n) is 3.30. The van der Waals surface area contributed by atoms with E-state index in [1.165, 1.54) is 11.1 Å². The van der Waals surface area contributed by atoms with Gasteiger partial charge in [0.15, 0.2) is 0 Å². The summed E-state index contributed by atoms with van der Waals surface area (Å²) in [6.07, 6.45) is 1.02. The van der Waals surface area contributed by atoms with Crippen molar-refractivity contribution in [2.75, 3.05) is 12.8 Å². The number of rotatable bonds is 4. The number of nitrogens with zero attached hydrogens (tertiary/aromatic N) is 2. The van der Waals surface area contributed by atoms with Crippen LogP contribution in [0.3, 0.4) is 0 Å². The maximum Gasteiger partial charge on any atom is 0.106 e. The fourth-order valence-corrected chi connectivity index (χ4v) is 2.42. The van der Waals surface area contributed by atoms with Crippen LogP contribution in [0.5, 0.6) is 0 Å². The molecular formula is C13H19N3S. The Kier molecular flexibility index (Phi) is 3.74. The minimum Gasteiger partial charge on any atom is -0.331 e. The lowest BCUT2D eigenvalue weighted by Gasteiger charge is -2.15. The minimum atomic E-state index is 0.360. The summed E-state index contributed by atoms with van der Waals surface area (Å²) < 4.78 is 2.12. The van der Waals surface area contributed by atoms with Crippen LogP contribution < -0.4 is 5.32 Å². The van der Waals surface area contributed by atoms with Gasteiger partial charge >= 0.3 is 0 Å². The zero-order chi connectivity index (χ0) is 12.4. The summed E-state index contributed by atoms with van der Waals surface area (Å²) in [6, 6.07) is 6.85. The quantitative estimate of drug-likeness (QED) is 0.815. The van der Waals surface area contributed by atoms with E-state index in [2.05, 4.69) is 45.7 Å². The highest BCUT2D eigenvalue weighted by molar-refractivity contribution is 7.80. The van der Waals surface area contributed by atoms with Gasteiger partial charge in [-0.1, -0.05) is 6.07 Å². The molecule has 0 aliphatic heterocycles. The summed E-state index contributed by atoms with van der Waals surface area (Å²) in [7, 11) is 4.04. The molecule has 1 heterocycles. The molecule has 3 nitrogen and oxygen atoms in total. The number of aromatic nitrogens is 2. The Morgan fingerprint density at radius 1 is 1.47 bits per heavy atom. The Balaban J connectivity index is 2.43. The van der Waals surface area contributed by atoms with Crippen molar-refractivity contribution in [2.45, 2.75) is 19.4 Å². The molecule has 1 atom stereocenters. The van der Waals surface area contributed by atoms with Gasteiger partial charge in [0.25, 0.3) is 0 Å². The van der Waals surface area contributed by atoms with Crippen molar-refractivity contribution in [3.63, 3.8) is 0 Å². The second-order valence-corrected chi connectivity index (χ2v) is 4.77. The molecule has 0 fully saturated rings. The Bertz CT molecular complexity index is 519. The third kappa shape index (κ3) is 2.33. The van der Waals surface area contributed by atoms with Crippen LogP contribution in [-0.4, -0.2) is 22.4 Å². The van der Waals surface area contributed by atoms with Crippen LogP contribution in [0.1, 0.15) is 23.9 Å². The van der Waals surface area contributed by atoms with E-state index in [-0.39, 0.29) is 0 Å². The Morgan fingerprint density at radius 3 is 2.88 bits per heavy atom. The Morgan fingerprint density at radius 2 is 2.24 bits per heavy atom. The second kappa shape index (κ2) is 5.10. The second-order valence-electron chi connectivity index (χ2n) is 4.32. The Labute approximate surface area is 108 Å². The monoisotopic (exact) mass is 249 g/mol. The summed E-state index contributed by atoms with van der Waals surface area (Å²) >= 11 is 4.30. The molecule has 92 valence electrons. The van der Waals surface area contributed by atoms with Crippen molar-refractivity contribution >= 4 is 23.7 Å². The van der Waals surface area contributed by atoms with Crippen molar-refractivity contribution in [1.82, 2.24) is 14.9 Å². The van der Waals surface area contributed by atoms with E-state index in [9.17, 15) is 0 Å². The molecule has 1 N–H and O–H groups in total. The van der Waals surface area contributed by atoms with Crippen molar-refractivity contribution in [3.05, 3.63) is 29.6 Å². The Hall–Kier alpha value is -1.00. The van der Waals surface area contributed by atoms with Crippen LogP contribution >= 0.6 is 12.6 Å². The fraction of sp³-hybridized carbons (Fsp3) is 0.462. The van der Waals surface area contributed by atoms with Gasteiger partial charge < -0.3 is 9.88 Å². The zero-order valence-corrected chi connectivity index (χ0v) is 11.5. The van der Waals surface area contributed by atoms with Crippen molar-refractivity contribution in [3.8, 4) is 0 Å². The molecule has 0 saturated heterocycles. The van der Waals surface area contributed by atoms with Gasteiger partial charge in [-0.3, -0.25) is 0 Å². The molecule has 1 unspecified atom stereocenters. The molecule has 0 spiro atoms. The molecular weight excluding hydrogens is 230 g/mol. The highest BCUT2D eigenvalue weighted by Gasteiger charge is 2.11. The van der Waals surface area contributed by atoms with Gasteiger partial charge in [0, 0.05) is 13.1 Å². The minimum absolute atomic E-state index is 0.360. The number of benzene rings is 1. The number of hydrogen-bond acceptors (Lipinski definition) is 3. The molecule has 4 heteroatoms. The van der Waals surface area contributed by atoms with Crippen molar-refractivity contribution < 1.29 is 0 Å². The van der Waals surface area contributed by atoms with E-state index in [0.717, 1.165) is 23.5 Å². The van der Waals surface area contributed by atoms with E-state index in [1.807, 2.05) is 21.0 Å². The first kappa shape index (κ1) is 12.5. The lowest BCUT2D eigenvalue weighted by molar-refractivity contribution is 0.582.